The first-order valence-electron chi connectivity index (χ1n) is 9.12. The van der Waals surface area contributed by atoms with Gasteiger partial charge < -0.3 is 25.3 Å². The average Bonchev–Trinajstić information content (AvgIpc) is 3.16. The Morgan fingerprint density at radius 2 is 1.69 bits per heavy atom. The highest BCUT2D eigenvalue weighted by atomic mass is 19.4. The van der Waals surface area contributed by atoms with E-state index in [4.69, 9.17) is 4.42 Å². The number of alkyl halides is 3. The van der Waals surface area contributed by atoms with Gasteiger partial charge in [-0.05, 0) is 42.5 Å². The minimum absolute atomic E-state index is 0.266. The smallest absolute Gasteiger partial charge is 0.416 e. The summed E-state index contributed by atoms with van der Waals surface area (Å²) in [6.07, 6.45) is -2.82. The highest BCUT2D eigenvalue weighted by Gasteiger charge is 2.30. The maximum Gasteiger partial charge on any atom is 0.416 e. The molecule has 2 aromatic carbocycles. The Balaban J connectivity index is 1.50. The third-order valence-corrected chi connectivity index (χ3v) is 4.72. The molecule has 1 aliphatic heterocycles. The van der Waals surface area contributed by atoms with Crippen LogP contribution in [0.2, 0.25) is 0 Å². The van der Waals surface area contributed by atoms with Gasteiger partial charge in [-0.1, -0.05) is 0 Å². The van der Waals surface area contributed by atoms with E-state index in [1.165, 1.54) is 12.1 Å². The molecule has 0 spiro atoms. The van der Waals surface area contributed by atoms with E-state index in [0.717, 1.165) is 55.0 Å². The fraction of sp³-hybridized carbons (Fsp3) is 0.250. The Bertz CT molecular complexity index is 1010. The molecule has 1 saturated heterocycles. The number of furan rings is 1. The molecule has 3 aromatic rings. The molecule has 3 N–H and O–H groups in total. The highest BCUT2D eigenvalue weighted by molar-refractivity contribution is 6.02. The molecule has 0 radical (unpaired) electrons. The number of carbonyl (C=O) groups is 1. The van der Waals surface area contributed by atoms with Gasteiger partial charge in [0.25, 0.3) is 0 Å². The zero-order chi connectivity index (χ0) is 20.4. The van der Waals surface area contributed by atoms with Gasteiger partial charge in [0, 0.05) is 42.9 Å². The van der Waals surface area contributed by atoms with Crippen molar-refractivity contribution in [3.8, 4) is 0 Å². The van der Waals surface area contributed by atoms with E-state index < -0.39 is 17.8 Å². The predicted molar refractivity (Wildman–Crippen MR) is 105 cm³/mol. The van der Waals surface area contributed by atoms with Crippen molar-refractivity contribution >= 4 is 34.1 Å². The van der Waals surface area contributed by atoms with E-state index in [-0.39, 0.29) is 5.69 Å². The first-order chi connectivity index (χ1) is 13.9. The molecule has 1 fully saturated rings. The summed E-state index contributed by atoms with van der Waals surface area (Å²) in [7, 11) is 0. The van der Waals surface area contributed by atoms with Gasteiger partial charge in [-0.3, -0.25) is 0 Å². The lowest BCUT2D eigenvalue weighted by Crippen LogP contribution is -2.43. The molecular formula is C20H19F3N4O2. The Morgan fingerprint density at radius 1 is 1.00 bits per heavy atom. The van der Waals surface area contributed by atoms with Gasteiger partial charge in [-0.2, -0.15) is 13.2 Å². The first-order valence-corrected chi connectivity index (χ1v) is 9.12. The summed E-state index contributed by atoms with van der Waals surface area (Å²) in [5.41, 5.74) is 1.70. The summed E-state index contributed by atoms with van der Waals surface area (Å²) in [6.45, 7) is 3.34. The minimum atomic E-state index is -4.42. The minimum Gasteiger partial charge on any atom is -0.462 e. The van der Waals surface area contributed by atoms with Crippen LogP contribution in [0.25, 0.3) is 11.0 Å². The van der Waals surface area contributed by atoms with Gasteiger partial charge in [-0.15, -0.1) is 0 Å². The molecule has 1 aromatic heterocycles. The number of carbonyl (C=O) groups excluding carboxylic acids is 1. The van der Waals surface area contributed by atoms with Crippen LogP contribution in [0, 0.1) is 0 Å². The van der Waals surface area contributed by atoms with Crippen LogP contribution in [0.15, 0.2) is 53.1 Å². The number of anilines is 3. The molecule has 0 aliphatic carbocycles. The molecular weight excluding hydrogens is 385 g/mol. The number of halogens is 3. The monoisotopic (exact) mass is 404 g/mol. The van der Waals surface area contributed by atoms with Crippen LogP contribution in [0.1, 0.15) is 5.56 Å². The molecule has 29 heavy (non-hydrogen) atoms. The summed E-state index contributed by atoms with van der Waals surface area (Å²) in [6, 6.07) is 9.19. The van der Waals surface area contributed by atoms with E-state index in [1.807, 2.05) is 12.1 Å². The fourth-order valence-electron chi connectivity index (χ4n) is 3.31. The van der Waals surface area contributed by atoms with Gasteiger partial charge in [0.15, 0.2) is 5.58 Å². The number of nitrogens with one attached hydrogen (secondary N) is 3. The third-order valence-electron chi connectivity index (χ3n) is 4.72. The summed E-state index contributed by atoms with van der Waals surface area (Å²) in [5, 5.41) is 9.43. The Labute approximate surface area is 164 Å². The number of rotatable bonds is 3. The average molecular weight is 404 g/mol. The zero-order valence-corrected chi connectivity index (χ0v) is 15.3. The lowest BCUT2D eigenvalue weighted by Gasteiger charge is -2.29. The molecule has 152 valence electrons. The number of fused-ring (bicyclic) bond motifs is 1. The Kier molecular flexibility index (Phi) is 5.06. The first kappa shape index (κ1) is 19.1. The predicted octanol–water partition coefficient (Wildman–Crippen LogP) is 4.51. The lowest BCUT2D eigenvalue weighted by atomic mass is 10.1. The standard InChI is InChI=1S/C20H19F3N4O2/c21-20(22,23)14-1-3-15(4-2-14)25-19(28)26-16-11-13-5-10-29-18(13)17(12-16)27-8-6-24-7-9-27/h1-5,10-12,24H,6-9H2,(H2,25,26,28). The van der Waals surface area contributed by atoms with Crippen LogP contribution in [0.4, 0.5) is 35.0 Å². The van der Waals surface area contributed by atoms with Crippen molar-refractivity contribution in [3.05, 3.63) is 54.3 Å². The second-order valence-corrected chi connectivity index (χ2v) is 6.73. The zero-order valence-electron chi connectivity index (χ0n) is 15.3. The van der Waals surface area contributed by atoms with Crippen LogP contribution in [-0.4, -0.2) is 32.2 Å². The molecule has 0 atom stereocenters. The van der Waals surface area contributed by atoms with Crippen molar-refractivity contribution < 1.29 is 22.4 Å². The van der Waals surface area contributed by atoms with Gasteiger partial charge in [0.1, 0.15) is 0 Å². The number of benzene rings is 2. The molecule has 9 heteroatoms. The molecule has 2 heterocycles. The summed E-state index contributed by atoms with van der Waals surface area (Å²) < 4.78 is 43.6. The van der Waals surface area contributed by atoms with Crippen molar-refractivity contribution in [2.45, 2.75) is 6.18 Å². The van der Waals surface area contributed by atoms with Gasteiger partial charge in [0.05, 0.1) is 17.5 Å². The summed E-state index contributed by atoms with van der Waals surface area (Å²) >= 11 is 0. The number of nitrogens with zero attached hydrogens (tertiary/aromatic N) is 1. The quantitative estimate of drug-likeness (QED) is 0.601. The van der Waals surface area contributed by atoms with Crippen molar-refractivity contribution in [2.75, 3.05) is 41.7 Å². The number of piperazine rings is 1. The van der Waals surface area contributed by atoms with Crippen molar-refractivity contribution in [1.29, 1.82) is 0 Å². The second-order valence-electron chi connectivity index (χ2n) is 6.73. The molecule has 2 amide bonds. The normalized spacial score (nSPS) is 14.8. The van der Waals surface area contributed by atoms with E-state index in [0.29, 0.717) is 5.69 Å². The van der Waals surface area contributed by atoms with E-state index in [2.05, 4.69) is 20.9 Å². The van der Waals surface area contributed by atoms with E-state index in [1.54, 1.807) is 12.3 Å². The van der Waals surface area contributed by atoms with Crippen molar-refractivity contribution in [1.82, 2.24) is 5.32 Å². The molecule has 0 bridgehead atoms. The molecule has 0 unspecified atom stereocenters. The number of amides is 2. The SMILES string of the molecule is O=C(Nc1ccc(C(F)(F)F)cc1)Nc1cc(N2CCNCC2)c2occc2c1. The molecule has 6 nitrogen and oxygen atoms in total. The van der Waals surface area contributed by atoms with E-state index >= 15 is 0 Å². The summed E-state index contributed by atoms with van der Waals surface area (Å²) in [5.74, 6) is 0. The maximum absolute atomic E-state index is 12.6. The van der Waals surface area contributed by atoms with Gasteiger partial charge >= 0.3 is 12.2 Å². The fourth-order valence-corrected chi connectivity index (χ4v) is 3.31. The highest BCUT2D eigenvalue weighted by Crippen LogP contribution is 2.32. The molecule has 0 saturated carbocycles. The molecule has 1 aliphatic rings. The Morgan fingerprint density at radius 3 is 2.38 bits per heavy atom. The van der Waals surface area contributed by atoms with E-state index in [9.17, 15) is 18.0 Å². The van der Waals surface area contributed by atoms with Gasteiger partial charge in [0.2, 0.25) is 0 Å². The molecule has 4 rings (SSSR count). The number of hydrogen-bond acceptors (Lipinski definition) is 4. The largest absolute Gasteiger partial charge is 0.462 e. The van der Waals surface area contributed by atoms with Crippen LogP contribution < -0.4 is 20.9 Å². The van der Waals surface area contributed by atoms with Crippen LogP contribution in [0.3, 0.4) is 0 Å². The number of urea groups is 1. The van der Waals surface area contributed by atoms with Crippen molar-refractivity contribution in [3.63, 3.8) is 0 Å². The van der Waals surface area contributed by atoms with Crippen LogP contribution in [-0.2, 0) is 6.18 Å². The third kappa shape index (κ3) is 4.29. The maximum atomic E-state index is 12.6. The number of hydrogen-bond donors (Lipinski definition) is 3. The summed E-state index contributed by atoms with van der Waals surface area (Å²) in [4.78, 5) is 14.5. The topological polar surface area (TPSA) is 69.5 Å². The lowest BCUT2D eigenvalue weighted by molar-refractivity contribution is -0.137. The Hall–Kier alpha value is -3.20. The van der Waals surface area contributed by atoms with Gasteiger partial charge in [-0.25, -0.2) is 4.79 Å². The second kappa shape index (κ2) is 7.67. The van der Waals surface area contributed by atoms with Crippen LogP contribution >= 0.6 is 0 Å². The van der Waals surface area contributed by atoms with Crippen molar-refractivity contribution in [2.24, 2.45) is 0 Å². The van der Waals surface area contributed by atoms with Crippen LogP contribution in [0.5, 0.6) is 0 Å².